The van der Waals surface area contributed by atoms with Crippen molar-refractivity contribution < 1.29 is 0 Å². The van der Waals surface area contributed by atoms with Gasteiger partial charge >= 0.3 is 0 Å². The molecule has 0 aliphatic heterocycles. The Balaban J connectivity index is 2.00. The van der Waals surface area contributed by atoms with Gasteiger partial charge in [-0.25, -0.2) is 9.97 Å². The monoisotopic (exact) mass is 386 g/mol. The number of hydrogen-bond donors (Lipinski definition) is 2. The van der Waals surface area contributed by atoms with Crippen molar-refractivity contribution in [2.75, 3.05) is 5.73 Å². The largest absolute Gasteiger partial charge is 0.397 e. The van der Waals surface area contributed by atoms with Gasteiger partial charge < -0.3 is 16.0 Å². The first-order valence-electron chi connectivity index (χ1n) is 9.21. The van der Waals surface area contributed by atoms with Gasteiger partial charge in [0.05, 0.1) is 35.2 Å². The lowest BCUT2D eigenvalue weighted by Crippen LogP contribution is -2.26. The minimum absolute atomic E-state index is 0.112. The van der Waals surface area contributed by atoms with Gasteiger partial charge in [0.15, 0.2) is 0 Å². The highest BCUT2D eigenvalue weighted by molar-refractivity contribution is 5.81. The van der Waals surface area contributed by atoms with Crippen molar-refractivity contribution in [3.63, 3.8) is 0 Å². The minimum atomic E-state index is -0.112. The maximum atomic E-state index is 13.5. The highest BCUT2D eigenvalue weighted by atomic mass is 16.1. The Labute approximate surface area is 167 Å². The number of anilines is 1. The van der Waals surface area contributed by atoms with Crippen LogP contribution in [0.3, 0.4) is 0 Å². The van der Waals surface area contributed by atoms with Crippen LogP contribution in [0.2, 0.25) is 0 Å². The van der Waals surface area contributed by atoms with Crippen LogP contribution < -0.4 is 17.0 Å². The molecule has 2 heterocycles. The molecule has 0 spiro atoms. The average molecular weight is 386 g/mol. The minimum Gasteiger partial charge on any atom is -0.397 e. The number of aromatic nitrogens is 4. The summed E-state index contributed by atoms with van der Waals surface area (Å²) in [5, 5.41) is 0.606. The summed E-state index contributed by atoms with van der Waals surface area (Å²) in [6, 6.07) is 13.4. The first-order chi connectivity index (χ1) is 13.9. The molecule has 29 heavy (non-hydrogen) atoms. The number of hydrogen-bond acceptors (Lipinski definition) is 5. The number of benzene rings is 2. The Morgan fingerprint density at radius 1 is 1.10 bits per heavy atom. The number of aryl methyl sites for hydroxylation is 2. The molecule has 0 radical (unpaired) electrons. The first kappa shape index (κ1) is 18.5. The van der Waals surface area contributed by atoms with E-state index in [0.29, 0.717) is 33.9 Å². The molecular weight excluding hydrogens is 364 g/mol. The van der Waals surface area contributed by atoms with Crippen molar-refractivity contribution in [2.24, 2.45) is 5.73 Å². The fourth-order valence-corrected chi connectivity index (χ4v) is 3.53. The number of rotatable bonds is 4. The molecule has 0 bridgehead atoms. The van der Waals surface area contributed by atoms with Crippen LogP contribution in [-0.2, 0) is 6.54 Å². The molecule has 0 unspecified atom stereocenters. The SMILES string of the molecule is C=C(N)c1ncn(Cc2nc3cccc(C)c3c(=O)n2-c2ccccc2C)c1N. The number of nitrogen functional groups attached to an aromatic ring is 1. The van der Waals surface area contributed by atoms with E-state index in [1.165, 1.54) is 0 Å². The summed E-state index contributed by atoms with van der Waals surface area (Å²) in [7, 11) is 0. The van der Waals surface area contributed by atoms with Crippen LogP contribution in [0.5, 0.6) is 0 Å². The summed E-state index contributed by atoms with van der Waals surface area (Å²) in [4.78, 5) is 22.6. The third-order valence-electron chi connectivity index (χ3n) is 5.03. The van der Waals surface area contributed by atoms with Crippen molar-refractivity contribution in [1.82, 2.24) is 19.1 Å². The fourth-order valence-electron chi connectivity index (χ4n) is 3.53. The maximum absolute atomic E-state index is 13.5. The van der Waals surface area contributed by atoms with Gasteiger partial charge in [0, 0.05) is 0 Å². The zero-order valence-electron chi connectivity index (χ0n) is 16.4. The molecule has 7 heteroatoms. The second-order valence-electron chi connectivity index (χ2n) is 7.06. The van der Waals surface area contributed by atoms with E-state index < -0.39 is 0 Å². The summed E-state index contributed by atoms with van der Waals surface area (Å²) in [5.74, 6) is 0.938. The lowest BCUT2D eigenvalue weighted by molar-refractivity contribution is 0.713. The zero-order chi connectivity index (χ0) is 20.7. The Kier molecular flexibility index (Phi) is 4.43. The maximum Gasteiger partial charge on any atom is 0.266 e. The van der Waals surface area contributed by atoms with Gasteiger partial charge in [-0.15, -0.1) is 0 Å². The molecule has 7 nitrogen and oxygen atoms in total. The standard InChI is InChI=1S/C22H22N6O/c1-13-7-4-5-10-17(13)28-18(11-27-12-25-20(15(3)23)21(27)24)26-16-9-6-8-14(2)19(16)22(28)29/h4-10,12H,3,11,23-24H2,1-2H3. The van der Waals surface area contributed by atoms with E-state index in [1.54, 1.807) is 15.5 Å². The molecule has 146 valence electrons. The summed E-state index contributed by atoms with van der Waals surface area (Å²) in [5.41, 5.74) is 15.9. The summed E-state index contributed by atoms with van der Waals surface area (Å²) < 4.78 is 3.37. The Bertz CT molecular complexity index is 1310. The molecule has 4 N–H and O–H groups in total. The van der Waals surface area contributed by atoms with Gasteiger partial charge in [-0.3, -0.25) is 9.36 Å². The van der Waals surface area contributed by atoms with E-state index >= 15 is 0 Å². The smallest absolute Gasteiger partial charge is 0.266 e. The molecule has 4 aromatic rings. The quantitative estimate of drug-likeness (QED) is 0.561. The number of nitrogens with two attached hydrogens (primary N) is 2. The van der Waals surface area contributed by atoms with Gasteiger partial charge in [0.25, 0.3) is 5.56 Å². The van der Waals surface area contributed by atoms with Crippen molar-refractivity contribution in [1.29, 1.82) is 0 Å². The van der Waals surface area contributed by atoms with Gasteiger partial charge in [-0.05, 0) is 37.1 Å². The van der Waals surface area contributed by atoms with Gasteiger partial charge in [-0.2, -0.15) is 0 Å². The van der Waals surface area contributed by atoms with E-state index in [-0.39, 0.29) is 12.1 Å². The second kappa shape index (κ2) is 6.94. The highest BCUT2D eigenvalue weighted by Gasteiger charge is 2.17. The summed E-state index contributed by atoms with van der Waals surface area (Å²) in [6.45, 7) is 7.85. The second-order valence-corrected chi connectivity index (χ2v) is 7.06. The Morgan fingerprint density at radius 3 is 2.52 bits per heavy atom. The van der Waals surface area contributed by atoms with Crippen molar-refractivity contribution in [3.8, 4) is 5.69 Å². The van der Waals surface area contributed by atoms with E-state index in [4.69, 9.17) is 16.5 Å². The van der Waals surface area contributed by atoms with Crippen LogP contribution >= 0.6 is 0 Å². The van der Waals surface area contributed by atoms with E-state index in [9.17, 15) is 4.79 Å². The number of nitrogens with zero attached hydrogens (tertiary/aromatic N) is 4. The van der Waals surface area contributed by atoms with Crippen LogP contribution in [0.1, 0.15) is 22.6 Å². The fraction of sp³-hybridized carbons (Fsp3) is 0.136. The van der Waals surface area contributed by atoms with Crippen molar-refractivity contribution in [3.05, 3.63) is 88.4 Å². The van der Waals surface area contributed by atoms with Gasteiger partial charge in [-0.1, -0.05) is 36.9 Å². The summed E-state index contributed by atoms with van der Waals surface area (Å²) >= 11 is 0. The molecular formula is C22H22N6O. The third kappa shape index (κ3) is 3.06. The zero-order valence-corrected chi connectivity index (χ0v) is 16.4. The number of para-hydroxylation sites is 1. The van der Waals surface area contributed by atoms with Crippen LogP contribution in [0, 0.1) is 13.8 Å². The molecule has 0 aliphatic rings. The lowest BCUT2D eigenvalue weighted by Gasteiger charge is -2.17. The predicted octanol–water partition coefficient (Wildman–Crippen LogP) is 2.76. The van der Waals surface area contributed by atoms with Crippen LogP contribution in [0.4, 0.5) is 5.82 Å². The molecule has 4 rings (SSSR count). The molecule has 0 amide bonds. The van der Waals surface area contributed by atoms with Crippen molar-refractivity contribution in [2.45, 2.75) is 20.4 Å². The lowest BCUT2D eigenvalue weighted by atomic mass is 10.1. The van der Waals surface area contributed by atoms with Gasteiger partial charge in [0.2, 0.25) is 0 Å². The molecule has 0 aliphatic carbocycles. The molecule has 2 aromatic carbocycles. The Hall–Kier alpha value is -3.87. The normalized spacial score (nSPS) is 11.1. The third-order valence-corrected chi connectivity index (χ3v) is 5.03. The van der Waals surface area contributed by atoms with Crippen LogP contribution in [0.15, 0.2) is 60.2 Å². The predicted molar refractivity (Wildman–Crippen MR) is 116 cm³/mol. The molecule has 0 saturated heterocycles. The van der Waals surface area contributed by atoms with E-state index in [0.717, 1.165) is 16.8 Å². The molecule has 0 saturated carbocycles. The van der Waals surface area contributed by atoms with Gasteiger partial charge in [0.1, 0.15) is 17.3 Å². The molecule has 0 fully saturated rings. The number of imidazole rings is 1. The Morgan fingerprint density at radius 2 is 1.83 bits per heavy atom. The highest BCUT2D eigenvalue weighted by Crippen LogP contribution is 2.21. The van der Waals surface area contributed by atoms with E-state index in [1.807, 2.05) is 56.3 Å². The van der Waals surface area contributed by atoms with Crippen LogP contribution in [0.25, 0.3) is 22.3 Å². The van der Waals surface area contributed by atoms with Crippen molar-refractivity contribution >= 4 is 22.4 Å². The first-order valence-corrected chi connectivity index (χ1v) is 9.21. The van der Waals surface area contributed by atoms with Crippen LogP contribution in [-0.4, -0.2) is 19.1 Å². The summed E-state index contributed by atoms with van der Waals surface area (Å²) in [6.07, 6.45) is 1.58. The van der Waals surface area contributed by atoms with E-state index in [2.05, 4.69) is 11.6 Å². The average Bonchev–Trinajstić information content (AvgIpc) is 3.03. The topological polar surface area (TPSA) is 105 Å². The number of fused-ring (bicyclic) bond motifs is 1. The molecule has 2 aromatic heterocycles. The molecule has 0 atom stereocenters.